The molecule has 4 fully saturated rings. The van der Waals surface area contributed by atoms with E-state index < -0.39 is 0 Å². The summed E-state index contributed by atoms with van der Waals surface area (Å²) >= 11 is 1.73. The molecule has 0 aromatic rings. The number of hydrazone groups is 1. The number of amidine groups is 1. The maximum absolute atomic E-state index is 5.75. The second-order valence-corrected chi connectivity index (χ2v) is 7.54. The lowest BCUT2D eigenvalue weighted by molar-refractivity contribution is -0.461. The Morgan fingerprint density at radius 3 is 2.11 bits per heavy atom. The molecule has 4 saturated carbocycles. The Labute approximate surface area is 123 Å². The summed E-state index contributed by atoms with van der Waals surface area (Å²) in [6.07, 6.45) is 8.71. The summed E-state index contributed by atoms with van der Waals surface area (Å²) in [4.78, 5) is 0. The van der Waals surface area contributed by atoms with Gasteiger partial charge in [-0.05, 0) is 68.0 Å². The number of hydrogen-bond donors (Lipinski definition) is 2. The van der Waals surface area contributed by atoms with Crippen LogP contribution in [-0.4, -0.2) is 16.6 Å². The van der Waals surface area contributed by atoms with E-state index in [-0.39, 0.29) is 17.0 Å². The second-order valence-electron chi connectivity index (χ2n) is 6.52. The fourth-order valence-corrected chi connectivity index (χ4v) is 5.84. The van der Waals surface area contributed by atoms with Gasteiger partial charge in [-0.25, -0.2) is 0 Å². The highest BCUT2D eigenvalue weighted by Crippen LogP contribution is 2.60. The van der Waals surface area contributed by atoms with Crippen molar-refractivity contribution in [3.05, 3.63) is 0 Å². The van der Waals surface area contributed by atoms with Crippen molar-refractivity contribution in [2.24, 2.45) is 34.0 Å². The molecule has 5 heteroatoms. The summed E-state index contributed by atoms with van der Waals surface area (Å²) in [6, 6.07) is 0. The van der Waals surface area contributed by atoms with E-state index >= 15 is 0 Å². The van der Waals surface area contributed by atoms with E-state index in [1.54, 1.807) is 11.8 Å². The van der Waals surface area contributed by atoms with Crippen LogP contribution in [-0.2, 0) is 0 Å². The minimum Gasteiger partial charge on any atom is -1.00 e. The fraction of sp³-hybridized carbons (Fsp3) is 0.846. The van der Waals surface area contributed by atoms with E-state index in [9.17, 15) is 0 Å². The quantitative estimate of drug-likeness (QED) is 0.569. The van der Waals surface area contributed by atoms with Gasteiger partial charge in [-0.15, -0.1) is 5.10 Å². The number of hydrogen-bond acceptors (Lipinski definition) is 3. The summed E-state index contributed by atoms with van der Waals surface area (Å²) in [7, 11) is 0. The van der Waals surface area contributed by atoms with Crippen molar-refractivity contribution in [1.29, 1.82) is 0 Å². The first-order valence-electron chi connectivity index (χ1n) is 6.82. The average molecular weight is 330 g/mol. The van der Waals surface area contributed by atoms with Crippen LogP contribution in [0.15, 0.2) is 5.10 Å². The standard InChI is InChI=1S/C13H19N3S.BrH/c14-12-16-15-11(7-17-12)13-4-8-1-9(5-13)3-10(2-8)6-13;/h8-10H,1-7H2,(H2,14,16);1H. The monoisotopic (exact) mass is 329 g/mol. The van der Waals surface area contributed by atoms with E-state index in [0.29, 0.717) is 5.41 Å². The molecule has 0 atom stereocenters. The van der Waals surface area contributed by atoms with Gasteiger partial charge in [0.15, 0.2) is 0 Å². The normalized spacial score (nSPS) is 45.2. The van der Waals surface area contributed by atoms with Crippen LogP contribution in [0.5, 0.6) is 0 Å². The van der Waals surface area contributed by atoms with Crippen molar-refractivity contribution in [3.63, 3.8) is 0 Å². The molecule has 5 rings (SSSR count). The molecule has 0 saturated heterocycles. The third-order valence-corrected chi connectivity index (χ3v) is 6.14. The third-order valence-electron chi connectivity index (χ3n) is 5.32. The zero-order valence-electron chi connectivity index (χ0n) is 10.5. The Kier molecular flexibility index (Phi) is 3.25. The molecule has 4 aliphatic carbocycles. The first kappa shape index (κ1) is 13.0. The van der Waals surface area contributed by atoms with E-state index in [4.69, 9.17) is 5.73 Å². The predicted molar refractivity (Wildman–Crippen MR) is 70.7 cm³/mol. The molecule has 4 bridgehead atoms. The Balaban J connectivity index is 0.000001000. The summed E-state index contributed by atoms with van der Waals surface area (Å²) in [6.45, 7) is 0. The van der Waals surface area contributed by atoms with Crippen molar-refractivity contribution < 1.29 is 22.1 Å². The molecule has 0 amide bonds. The van der Waals surface area contributed by atoms with Crippen molar-refractivity contribution in [3.8, 4) is 0 Å². The fourth-order valence-electron chi connectivity index (χ4n) is 5.07. The Bertz CT molecular complexity index is 383. The molecule has 0 aromatic carbocycles. The molecule has 1 aliphatic heterocycles. The molecule has 18 heavy (non-hydrogen) atoms. The summed E-state index contributed by atoms with van der Waals surface area (Å²) in [5.74, 6) is 4.01. The van der Waals surface area contributed by atoms with Crippen LogP contribution in [0.2, 0.25) is 0 Å². The second kappa shape index (κ2) is 4.51. The largest absolute Gasteiger partial charge is 1.00 e. The van der Waals surface area contributed by atoms with E-state index in [0.717, 1.165) is 28.7 Å². The van der Waals surface area contributed by atoms with Crippen molar-refractivity contribution in [1.82, 2.24) is 0 Å². The summed E-state index contributed by atoms with van der Waals surface area (Å²) < 4.78 is 0. The van der Waals surface area contributed by atoms with Gasteiger partial charge >= 0.3 is 5.17 Å². The van der Waals surface area contributed by atoms with Crippen LogP contribution in [0.4, 0.5) is 0 Å². The summed E-state index contributed by atoms with van der Waals surface area (Å²) in [5, 5.41) is 8.35. The minimum atomic E-state index is 0. The highest BCUT2D eigenvalue weighted by Gasteiger charge is 2.53. The van der Waals surface area contributed by atoms with Gasteiger partial charge in [0.1, 0.15) is 0 Å². The smallest absolute Gasteiger partial charge is 0.327 e. The predicted octanol–water partition coefficient (Wildman–Crippen LogP) is -2.30. The van der Waals surface area contributed by atoms with Gasteiger partial charge < -0.3 is 17.0 Å². The van der Waals surface area contributed by atoms with Crippen molar-refractivity contribution in [2.75, 3.05) is 5.75 Å². The number of nitrogens with two attached hydrogens (primary N) is 1. The molecule has 0 radical (unpaired) electrons. The van der Waals surface area contributed by atoms with Gasteiger partial charge in [0.05, 0.1) is 5.71 Å². The maximum atomic E-state index is 5.75. The molecule has 100 valence electrons. The molecule has 1 heterocycles. The van der Waals surface area contributed by atoms with Crippen LogP contribution in [0.3, 0.4) is 0 Å². The lowest BCUT2D eigenvalue weighted by Crippen LogP contribution is -3.00. The van der Waals surface area contributed by atoms with Crippen LogP contribution in [0.1, 0.15) is 38.5 Å². The van der Waals surface area contributed by atoms with Crippen molar-refractivity contribution in [2.45, 2.75) is 38.5 Å². The zero-order chi connectivity index (χ0) is 11.5. The molecular weight excluding hydrogens is 310 g/mol. The molecule has 3 nitrogen and oxygen atoms in total. The van der Waals surface area contributed by atoms with Gasteiger partial charge in [0.2, 0.25) is 0 Å². The van der Waals surface area contributed by atoms with Gasteiger partial charge in [-0.3, -0.25) is 5.73 Å². The van der Waals surface area contributed by atoms with Crippen LogP contribution in [0.25, 0.3) is 0 Å². The average Bonchev–Trinajstić information content (AvgIpc) is 2.27. The van der Waals surface area contributed by atoms with Gasteiger partial charge in [-0.2, -0.15) is 0 Å². The van der Waals surface area contributed by atoms with Crippen LogP contribution in [0, 0.1) is 23.2 Å². The maximum Gasteiger partial charge on any atom is 0.327 e. The first-order chi connectivity index (χ1) is 8.23. The van der Waals surface area contributed by atoms with Gasteiger partial charge in [0, 0.05) is 11.2 Å². The molecule has 0 spiro atoms. The van der Waals surface area contributed by atoms with E-state index in [1.165, 1.54) is 44.2 Å². The first-order valence-corrected chi connectivity index (χ1v) is 7.80. The highest BCUT2D eigenvalue weighted by atomic mass is 79.9. The summed E-state index contributed by atoms with van der Waals surface area (Å²) in [5.41, 5.74) is 7.62. The van der Waals surface area contributed by atoms with Crippen LogP contribution >= 0.6 is 11.8 Å². The number of thioether (sulfide) groups is 1. The SMILES string of the molecule is NC1=[NH+]N=C(C23CC4CC(CC(C4)C2)C3)CS1.[Br-]. The molecule has 0 unspecified atom stereocenters. The molecule has 0 aromatic heterocycles. The Morgan fingerprint density at radius 1 is 1.11 bits per heavy atom. The van der Waals surface area contributed by atoms with Crippen LogP contribution < -0.4 is 27.8 Å². The number of nitrogens with one attached hydrogen (secondary N) is 1. The van der Waals surface area contributed by atoms with Crippen molar-refractivity contribution >= 4 is 22.6 Å². The lowest BCUT2D eigenvalue weighted by Gasteiger charge is -2.56. The topological polar surface area (TPSA) is 52.4 Å². The van der Waals surface area contributed by atoms with Gasteiger partial charge in [0.25, 0.3) is 0 Å². The Hall–Kier alpha value is -0.0300. The third kappa shape index (κ3) is 1.94. The lowest BCUT2D eigenvalue weighted by atomic mass is 9.48. The number of nitrogens with zero attached hydrogens (tertiary/aromatic N) is 1. The molecular formula is C13H20BrN3S. The molecule has 5 aliphatic rings. The van der Waals surface area contributed by atoms with E-state index in [2.05, 4.69) is 10.2 Å². The van der Waals surface area contributed by atoms with E-state index in [1.807, 2.05) is 0 Å². The highest BCUT2D eigenvalue weighted by molar-refractivity contribution is 8.14. The number of rotatable bonds is 1. The Morgan fingerprint density at radius 2 is 1.67 bits per heavy atom. The van der Waals surface area contributed by atoms with Gasteiger partial charge in [-0.1, -0.05) is 5.10 Å². The minimum absolute atomic E-state index is 0. The number of halogens is 1. The zero-order valence-corrected chi connectivity index (χ0v) is 12.9. The molecule has 3 N–H and O–H groups in total.